The minimum atomic E-state index is -2.48. The van der Waals surface area contributed by atoms with E-state index in [4.69, 9.17) is 8.23 Å². The van der Waals surface area contributed by atoms with Gasteiger partial charge < -0.3 is 17.8 Å². The van der Waals surface area contributed by atoms with Crippen molar-refractivity contribution in [3.05, 3.63) is 0 Å². The standard InChI is InChI=1S/C6H22NO3PSi3/c1-12(2,7-11)9-14(5,6)10-13(3,4)8/h7-8H,11H2,1-6H3. The zero-order valence-electron chi connectivity index (χ0n) is 9.84. The van der Waals surface area contributed by atoms with E-state index in [1.165, 1.54) is 0 Å². The van der Waals surface area contributed by atoms with Gasteiger partial charge in [0, 0.05) is 0 Å². The van der Waals surface area contributed by atoms with E-state index < -0.39 is 25.6 Å². The van der Waals surface area contributed by atoms with Crippen LogP contribution in [0.2, 0.25) is 39.3 Å². The van der Waals surface area contributed by atoms with Crippen LogP contribution in [0.1, 0.15) is 0 Å². The smallest absolute Gasteiger partial charge is 0.320 e. The minimum Gasteiger partial charge on any atom is -0.424 e. The average Bonchev–Trinajstić information content (AvgIpc) is 1.78. The van der Waals surface area contributed by atoms with Crippen molar-refractivity contribution in [2.24, 2.45) is 0 Å². The summed E-state index contributed by atoms with van der Waals surface area (Å²) in [7, 11) is -4.05. The van der Waals surface area contributed by atoms with Gasteiger partial charge in [0.1, 0.15) is 0 Å². The zero-order chi connectivity index (χ0) is 11.6. The molecule has 0 fully saturated rings. The first kappa shape index (κ1) is 14.9. The maximum absolute atomic E-state index is 9.68. The topological polar surface area (TPSA) is 50.7 Å². The number of hydrogen-bond donors (Lipinski definition) is 2. The summed E-state index contributed by atoms with van der Waals surface area (Å²) in [6.07, 6.45) is 0. The predicted molar refractivity (Wildman–Crippen MR) is 69.7 cm³/mol. The van der Waals surface area contributed by atoms with Gasteiger partial charge >= 0.3 is 17.1 Å². The summed E-state index contributed by atoms with van der Waals surface area (Å²) in [5.74, 6) is 0. The molecule has 0 aliphatic carbocycles. The van der Waals surface area contributed by atoms with Crippen LogP contribution in [0.5, 0.6) is 0 Å². The van der Waals surface area contributed by atoms with Gasteiger partial charge in [-0.2, -0.15) is 0 Å². The second-order valence-electron chi connectivity index (χ2n) is 4.71. The molecule has 4 nitrogen and oxygen atoms in total. The van der Waals surface area contributed by atoms with Crippen LogP contribution in [-0.2, 0) is 8.23 Å². The molecule has 1 atom stereocenters. The molecule has 0 aromatic rings. The molecule has 0 amide bonds. The molecule has 0 heterocycles. The molecule has 0 aromatic heterocycles. The normalized spacial score (nSPS) is 14.6. The summed E-state index contributed by atoms with van der Waals surface area (Å²) >= 11 is 0. The fourth-order valence-corrected chi connectivity index (χ4v) is 12.3. The van der Waals surface area contributed by atoms with Gasteiger partial charge in [-0.05, 0) is 39.3 Å². The average molecular weight is 271 g/mol. The summed E-state index contributed by atoms with van der Waals surface area (Å²) in [5, 5.41) is 0. The first-order chi connectivity index (χ1) is 5.97. The molecule has 0 saturated carbocycles. The van der Waals surface area contributed by atoms with Crippen LogP contribution in [0.4, 0.5) is 0 Å². The molecular formula is C6H22NO3PSi3. The van der Waals surface area contributed by atoms with E-state index in [2.05, 4.69) is 27.2 Å². The first-order valence-corrected chi connectivity index (χ1v) is 13.7. The third kappa shape index (κ3) is 7.24. The Kier molecular flexibility index (Phi) is 5.15. The SMILES string of the molecule is C[Si](C)(O)O[Si](C)(C)O[Si](C)(C)NP. The molecule has 0 aliphatic rings. The van der Waals surface area contributed by atoms with Crippen LogP contribution >= 0.6 is 9.39 Å². The van der Waals surface area contributed by atoms with Gasteiger partial charge in [-0.25, -0.2) is 0 Å². The maximum Gasteiger partial charge on any atom is 0.320 e. The van der Waals surface area contributed by atoms with Gasteiger partial charge in [0.25, 0.3) is 8.48 Å². The van der Waals surface area contributed by atoms with Crippen molar-refractivity contribution in [1.82, 2.24) is 4.75 Å². The van der Waals surface area contributed by atoms with E-state index >= 15 is 0 Å². The number of rotatable bonds is 5. The first-order valence-electron chi connectivity index (χ1n) is 4.58. The Morgan fingerprint density at radius 3 is 1.71 bits per heavy atom. The van der Waals surface area contributed by atoms with Gasteiger partial charge in [-0.3, -0.25) is 0 Å². The van der Waals surface area contributed by atoms with Crippen LogP contribution in [0.3, 0.4) is 0 Å². The molecule has 0 radical (unpaired) electrons. The van der Waals surface area contributed by atoms with E-state index in [0.717, 1.165) is 0 Å². The Morgan fingerprint density at radius 2 is 1.43 bits per heavy atom. The van der Waals surface area contributed by atoms with Crippen molar-refractivity contribution in [2.75, 3.05) is 0 Å². The van der Waals surface area contributed by atoms with E-state index in [1.54, 1.807) is 13.1 Å². The van der Waals surface area contributed by atoms with Gasteiger partial charge in [-0.15, -0.1) is 0 Å². The molecule has 0 aliphatic heterocycles. The highest BCUT2D eigenvalue weighted by molar-refractivity contribution is 7.19. The van der Waals surface area contributed by atoms with Crippen molar-refractivity contribution in [3.8, 4) is 0 Å². The zero-order valence-corrected chi connectivity index (χ0v) is 14.0. The van der Waals surface area contributed by atoms with Crippen molar-refractivity contribution in [3.63, 3.8) is 0 Å². The fourth-order valence-electron chi connectivity index (χ4n) is 1.27. The lowest BCUT2D eigenvalue weighted by molar-refractivity contribution is 0.324. The number of nitrogens with one attached hydrogen (secondary N) is 1. The Morgan fingerprint density at radius 1 is 1.00 bits per heavy atom. The van der Waals surface area contributed by atoms with Gasteiger partial charge in [-0.1, -0.05) is 9.39 Å². The second-order valence-corrected chi connectivity index (χ2v) is 16.2. The summed E-state index contributed by atoms with van der Waals surface area (Å²) < 4.78 is 14.7. The Balaban J connectivity index is 4.35. The second kappa shape index (κ2) is 4.84. The third-order valence-corrected chi connectivity index (χ3v) is 12.1. The van der Waals surface area contributed by atoms with E-state index in [0.29, 0.717) is 0 Å². The van der Waals surface area contributed by atoms with E-state index in [1.807, 2.05) is 13.1 Å². The molecule has 14 heavy (non-hydrogen) atoms. The molecule has 0 rings (SSSR count). The molecule has 0 spiro atoms. The Hall–Kier alpha value is 0.921. The molecule has 0 bridgehead atoms. The molecule has 86 valence electrons. The van der Waals surface area contributed by atoms with Crippen LogP contribution in [0.25, 0.3) is 0 Å². The van der Waals surface area contributed by atoms with E-state index in [9.17, 15) is 4.80 Å². The monoisotopic (exact) mass is 271 g/mol. The predicted octanol–water partition coefficient (Wildman–Crippen LogP) is 1.50. The summed E-state index contributed by atoms with van der Waals surface area (Å²) in [4.78, 5) is 9.68. The maximum atomic E-state index is 9.68. The van der Waals surface area contributed by atoms with Crippen molar-refractivity contribution < 1.29 is 13.0 Å². The molecule has 8 heteroatoms. The van der Waals surface area contributed by atoms with Gasteiger partial charge in [0.05, 0.1) is 0 Å². The minimum absolute atomic E-state index is 1.76. The number of hydrogen-bond acceptors (Lipinski definition) is 4. The highest BCUT2D eigenvalue weighted by atomic mass is 31.0. The summed E-state index contributed by atoms with van der Waals surface area (Å²) in [5.41, 5.74) is 0. The third-order valence-electron chi connectivity index (χ3n) is 1.34. The summed E-state index contributed by atoms with van der Waals surface area (Å²) in [6, 6.07) is 0. The van der Waals surface area contributed by atoms with Crippen LogP contribution < -0.4 is 4.75 Å². The largest absolute Gasteiger partial charge is 0.424 e. The van der Waals surface area contributed by atoms with E-state index in [-0.39, 0.29) is 0 Å². The molecule has 0 saturated heterocycles. The van der Waals surface area contributed by atoms with Crippen molar-refractivity contribution in [2.45, 2.75) is 39.3 Å². The molecule has 1 unspecified atom stereocenters. The lowest BCUT2D eigenvalue weighted by atomic mass is 11.9. The highest BCUT2D eigenvalue weighted by Gasteiger charge is 2.38. The Bertz CT molecular complexity index is 195. The van der Waals surface area contributed by atoms with Crippen LogP contribution in [0, 0.1) is 0 Å². The Labute approximate surface area is 92.4 Å². The fraction of sp³-hybridized carbons (Fsp3) is 1.00. The van der Waals surface area contributed by atoms with Crippen molar-refractivity contribution >= 4 is 35.0 Å². The van der Waals surface area contributed by atoms with Crippen LogP contribution in [0.15, 0.2) is 0 Å². The quantitative estimate of drug-likeness (QED) is 0.588. The van der Waals surface area contributed by atoms with Crippen molar-refractivity contribution in [1.29, 1.82) is 0 Å². The van der Waals surface area contributed by atoms with Gasteiger partial charge in [0.15, 0.2) is 0 Å². The molecule has 2 N–H and O–H groups in total. The summed E-state index contributed by atoms with van der Waals surface area (Å²) in [6.45, 7) is 11.6. The lowest BCUT2D eigenvalue weighted by Crippen LogP contribution is -2.56. The highest BCUT2D eigenvalue weighted by Crippen LogP contribution is 2.18. The van der Waals surface area contributed by atoms with Crippen LogP contribution in [-0.4, -0.2) is 30.4 Å². The molecule has 0 aromatic carbocycles. The van der Waals surface area contributed by atoms with Gasteiger partial charge in [0.2, 0.25) is 0 Å². The molecular weight excluding hydrogens is 249 g/mol. The lowest BCUT2D eigenvalue weighted by Gasteiger charge is -2.35.